The van der Waals surface area contributed by atoms with Gasteiger partial charge in [-0.3, -0.25) is 9.78 Å². The van der Waals surface area contributed by atoms with Crippen LogP contribution in [0.1, 0.15) is 35.8 Å². The van der Waals surface area contributed by atoms with Crippen molar-refractivity contribution in [2.75, 3.05) is 6.54 Å². The van der Waals surface area contributed by atoms with Gasteiger partial charge in [-0.1, -0.05) is 0 Å². The van der Waals surface area contributed by atoms with E-state index in [2.05, 4.69) is 10.3 Å². The maximum atomic E-state index is 11.6. The lowest BCUT2D eigenvalue weighted by Gasteiger charge is -2.06. The summed E-state index contributed by atoms with van der Waals surface area (Å²) in [5.74, 6) is -0.113. The van der Waals surface area contributed by atoms with Gasteiger partial charge in [-0.2, -0.15) is 0 Å². The third kappa shape index (κ3) is 4.40. The van der Waals surface area contributed by atoms with Crippen molar-refractivity contribution in [2.24, 2.45) is 0 Å². The van der Waals surface area contributed by atoms with Gasteiger partial charge >= 0.3 is 0 Å². The van der Waals surface area contributed by atoms with Crippen molar-refractivity contribution in [3.8, 4) is 0 Å². The van der Waals surface area contributed by atoms with Gasteiger partial charge in [0.15, 0.2) is 0 Å². The Morgan fingerprint density at radius 2 is 2.31 bits per heavy atom. The topological polar surface area (TPSA) is 62.2 Å². The van der Waals surface area contributed by atoms with E-state index in [4.69, 9.17) is 5.11 Å². The fourth-order valence-electron chi connectivity index (χ4n) is 1.30. The summed E-state index contributed by atoms with van der Waals surface area (Å²) in [7, 11) is 0. The molecule has 1 aromatic rings. The molecular weight excluding hydrogens is 204 g/mol. The molecule has 4 nitrogen and oxygen atoms in total. The molecule has 1 atom stereocenters. The van der Waals surface area contributed by atoms with Gasteiger partial charge in [0.05, 0.1) is 11.7 Å². The monoisotopic (exact) mass is 222 g/mol. The van der Waals surface area contributed by atoms with Crippen LogP contribution in [0, 0.1) is 6.92 Å². The maximum absolute atomic E-state index is 11.6. The van der Waals surface area contributed by atoms with Crippen molar-refractivity contribution in [1.82, 2.24) is 10.3 Å². The van der Waals surface area contributed by atoms with Crippen molar-refractivity contribution in [3.05, 3.63) is 29.6 Å². The highest BCUT2D eigenvalue weighted by molar-refractivity contribution is 5.93. The number of rotatable bonds is 5. The summed E-state index contributed by atoms with van der Waals surface area (Å²) < 4.78 is 0. The number of hydrogen-bond acceptors (Lipinski definition) is 3. The highest BCUT2D eigenvalue weighted by atomic mass is 16.3. The number of pyridine rings is 1. The van der Waals surface area contributed by atoms with Crippen LogP contribution in [0.2, 0.25) is 0 Å². The number of aryl methyl sites for hydroxylation is 1. The molecule has 0 aliphatic carbocycles. The summed E-state index contributed by atoms with van der Waals surface area (Å²) in [6, 6.07) is 3.57. The molecule has 0 spiro atoms. The van der Waals surface area contributed by atoms with E-state index in [1.807, 2.05) is 13.0 Å². The number of carbonyl (C=O) groups is 1. The quantitative estimate of drug-likeness (QED) is 0.738. The fourth-order valence-corrected chi connectivity index (χ4v) is 1.30. The molecule has 0 aromatic carbocycles. The predicted octanol–water partition coefficient (Wildman–Crippen LogP) is 1.28. The van der Waals surface area contributed by atoms with E-state index < -0.39 is 0 Å². The Bertz CT molecular complexity index is 333. The van der Waals surface area contributed by atoms with Crippen LogP contribution >= 0.6 is 0 Å². The molecule has 16 heavy (non-hydrogen) atoms. The molecule has 1 rings (SSSR count). The molecule has 0 radical (unpaired) electrons. The zero-order chi connectivity index (χ0) is 12.0. The SMILES string of the molecule is Cc1ccc(C(=O)NCCCC(C)O)cn1. The first kappa shape index (κ1) is 12.6. The summed E-state index contributed by atoms with van der Waals surface area (Å²) in [6.45, 7) is 4.20. The molecule has 0 aliphatic rings. The second kappa shape index (κ2) is 6.23. The van der Waals surface area contributed by atoms with Crippen LogP contribution in [0.3, 0.4) is 0 Å². The standard InChI is InChI=1S/C12H18N2O2/c1-9-5-6-11(8-14-9)12(16)13-7-3-4-10(2)15/h5-6,8,10,15H,3-4,7H2,1-2H3,(H,13,16). The predicted molar refractivity (Wildman–Crippen MR) is 62.2 cm³/mol. The first-order chi connectivity index (χ1) is 7.59. The molecule has 4 heteroatoms. The van der Waals surface area contributed by atoms with Crippen LogP contribution in [0.5, 0.6) is 0 Å². The number of nitrogens with one attached hydrogen (secondary N) is 1. The van der Waals surface area contributed by atoms with Crippen LogP contribution in [0.15, 0.2) is 18.3 Å². The highest BCUT2D eigenvalue weighted by Gasteiger charge is 2.04. The number of nitrogens with zero attached hydrogens (tertiary/aromatic N) is 1. The van der Waals surface area contributed by atoms with Crippen molar-refractivity contribution < 1.29 is 9.90 Å². The van der Waals surface area contributed by atoms with Gasteiger partial charge in [0.2, 0.25) is 0 Å². The minimum atomic E-state index is -0.307. The summed E-state index contributed by atoms with van der Waals surface area (Å²) in [4.78, 5) is 15.6. The Kier molecular flexibility index (Phi) is 4.92. The first-order valence-corrected chi connectivity index (χ1v) is 5.48. The van der Waals surface area contributed by atoms with Crippen molar-refractivity contribution in [3.63, 3.8) is 0 Å². The van der Waals surface area contributed by atoms with E-state index in [-0.39, 0.29) is 12.0 Å². The van der Waals surface area contributed by atoms with Crippen molar-refractivity contribution >= 4 is 5.91 Å². The molecule has 0 bridgehead atoms. The van der Waals surface area contributed by atoms with Crippen LogP contribution in [0.4, 0.5) is 0 Å². The average molecular weight is 222 g/mol. The van der Waals surface area contributed by atoms with Gasteiger partial charge in [0, 0.05) is 18.4 Å². The molecule has 0 saturated carbocycles. The Morgan fingerprint density at radius 1 is 1.56 bits per heavy atom. The normalized spacial score (nSPS) is 12.2. The third-order valence-electron chi connectivity index (χ3n) is 2.26. The van der Waals surface area contributed by atoms with E-state index in [0.29, 0.717) is 18.5 Å². The lowest BCUT2D eigenvalue weighted by atomic mass is 10.2. The molecule has 1 heterocycles. The van der Waals surface area contributed by atoms with Crippen LogP contribution < -0.4 is 5.32 Å². The Hall–Kier alpha value is -1.42. The smallest absolute Gasteiger partial charge is 0.252 e. The zero-order valence-electron chi connectivity index (χ0n) is 9.73. The number of aliphatic hydroxyl groups is 1. The minimum absolute atomic E-state index is 0.113. The summed E-state index contributed by atoms with van der Waals surface area (Å²) in [5, 5.41) is 11.8. The van der Waals surface area contributed by atoms with Crippen LogP contribution in [-0.4, -0.2) is 28.6 Å². The number of amides is 1. The minimum Gasteiger partial charge on any atom is -0.393 e. The van der Waals surface area contributed by atoms with Crippen molar-refractivity contribution in [1.29, 1.82) is 0 Å². The Balaban J connectivity index is 2.32. The molecule has 1 aromatic heterocycles. The third-order valence-corrected chi connectivity index (χ3v) is 2.26. The zero-order valence-corrected chi connectivity index (χ0v) is 9.73. The van der Waals surface area contributed by atoms with Gasteiger partial charge < -0.3 is 10.4 Å². The lowest BCUT2D eigenvalue weighted by molar-refractivity contribution is 0.0949. The summed E-state index contributed by atoms with van der Waals surface area (Å²) in [5.41, 5.74) is 1.47. The van der Waals surface area contributed by atoms with Crippen molar-refractivity contribution in [2.45, 2.75) is 32.8 Å². The van der Waals surface area contributed by atoms with Gasteiger partial charge in [0.1, 0.15) is 0 Å². The first-order valence-electron chi connectivity index (χ1n) is 5.48. The lowest BCUT2D eigenvalue weighted by Crippen LogP contribution is -2.25. The summed E-state index contributed by atoms with van der Waals surface area (Å²) >= 11 is 0. The fraction of sp³-hybridized carbons (Fsp3) is 0.500. The largest absolute Gasteiger partial charge is 0.393 e. The molecule has 0 saturated heterocycles. The number of aromatic nitrogens is 1. The summed E-state index contributed by atoms with van der Waals surface area (Å²) in [6.07, 6.45) is 2.74. The highest BCUT2D eigenvalue weighted by Crippen LogP contribution is 1.99. The maximum Gasteiger partial charge on any atom is 0.252 e. The Morgan fingerprint density at radius 3 is 2.88 bits per heavy atom. The van der Waals surface area contributed by atoms with E-state index in [1.54, 1.807) is 19.2 Å². The van der Waals surface area contributed by atoms with Gasteiger partial charge in [-0.25, -0.2) is 0 Å². The van der Waals surface area contributed by atoms with Crippen LogP contribution in [-0.2, 0) is 0 Å². The average Bonchev–Trinajstić information content (AvgIpc) is 2.25. The van der Waals surface area contributed by atoms with E-state index in [0.717, 1.165) is 12.1 Å². The van der Waals surface area contributed by atoms with E-state index in [1.165, 1.54) is 0 Å². The molecule has 88 valence electrons. The molecule has 0 aliphatic heterocycles. The number of hydrogen-bond donors (Lipinski definition) is 2. The Labute approximate surface area is 95.7 Å². The molecule has 2 N–H and O–H groups in total. The number of carbonyl (C=O) groups excluding carboxylic acids is 1. The van der Waals surface area contributed by atoms with E-state index >= 15 is 0 Å². The second-order valence-corrected chi connectivity index (χ2v) is 3.94. The molecular formula is C12H18N2O2. The van der Waals surface area contributed by atoms with Crippen LogP contribution in [0.25, 0.3) is 0 Å². The molecule has 0 fully saturated rings. The second-order valence-electron chi connectivity index (χ2n) is 3.94. The number of aliphatic hydroxyl groups excluding tert-OH is 1. The van der Waals surface area contributed by atoms with Gasteiger partial charge in [0.25, 0.3) is 5.91 Å². The molecule has 1 unspecified atom stereocenters. The van der Waals surface area contributed by atoms with Gasteiger partial charge in [-0.05, 0) is 38.8 Å². The van der Waals surface area contributed by atoms with E-state index in [9.17, 15) is 4.79 Å². The van der Waals surface area contributed by atoms with Gasteiger partial charge in [-0.15, -0.1) is 0 Å². The molecule has 1 amide bonds.